The van der Waals surface area contributed by atoms with Crippen LogP contribution in [0.3, 0.4) is 0 Å². The van der Waals surface area contributed by atoms with Crippen LogP contribution >= 0.6 is 0 Å². The second-order valence-electron chi connectivity index (χ2n) is 3.15. The summed E-state index contributed by atoms with van der Waals surface area (Å²) in [6.07, 6.45) is -0.137. The second kappa shape index (κ2) is 5.26. The zero-order valence-electron chi connectivity index (χ0n) is 8.42. The predicted octanol–water partition coefficient (Wildman–Crippen LogP) is 0.817. The summed E-state index contributed by atoms with van der Waals surface area (Å²) in [6, 6.07) is 8.11. The van der Waals surface area contributed by atoms with Gasteiger partial charge in [-0.25, -0.2) is 0 Å². The van der Waals surface area contributed by atoms with Crippen molar-refractivity contribution in [1.82, 2.24) is 0 Å². The Morgan fingerprint density at radius 3 is 2.47 bits per heavy atom. The Balaban J connectivity index is 2.90. The van der Waals surface area contributed by atoms with Gasteiger partial charge in [-0.2, -0.15) is 0 Å². The van der Waals surface area contributed by atoms with E-state index in [-0.39, 0.29) is 0 Å². The highest BCUT2D eigenvalue weighted by Crippen LogP contribution is 2.19. The topological polar surface area (TPSA) is 69.4 Å². The van der Waals surface area contributed by atoms with E-state index in [0.29, 0.717) is 11.8 Å². The molecule has 15 heavy (non-hydrogen) atoms. The highest BCUT2D eigenvalue weighted by atomic mass is 16.5. The zero-order chi connectivity index (χ0) is 11.3. The molecule has 0 amide bonds. The van der Waals surface area contributed by atoms with Crippen molar-refractivity contribution in [2.45, 2.75) is 19.1 Å². The summed E-state index contributed by atoms with van der Waals surface area (Å²) in [5.41, 5.74) is 6.27. The number of esters is 1. The number of nitrogens with two attached hydrogens (primary N) is 1. The summed E-state index contributed by atoms with van der Waals surface area (Å²) in [4.78, 5) is 21.4. The first-order chi connectivity index (χ1) is 7.15. The normalized spacial score (nSPS) is 14.0. The van der Waals surface area contributed by atoms with Gasteiger partial charge in [-0.3, -0.25) is 4.79 Å². The lowest BCUT2D eigenvalue weighted by atomic mass is 10.0. The van der Waals surface area contributed by atoms with Crippen LogP contribution in [0.25, 0.3) is 0 Å². The van der Waals surface area contributed by atoms with Crippen LogP contribution in [-0.2, 0) is 14.3 Å². The maximum atomic E-state index is 10.9. The van der Waals surface area contributed by atoms with Crippen molar-refractivity contribution >= 4 is 12.3 Å². The highest BCUT2D eigenvalue weighted by Gasteiger charge is 2.21. The molecule has 1 aromatic carbocycles. The van der Waals surface area contributed by atoms with E-state index in [4.69, 9.17) is 10.5 Å². The van der Waals surface area contributed by atoms with E-state index < -0.39 is 18.1 Å². The lowest BCUT2D eigenvalue weighted by Gasteiger charge is -2.19. The largest absolute Gasteiger partial charge is 0.456 e. The van der Waals surface area contributed by atoms with E-state index in [2.05, 4.69) is 0 Å². The van der Waals surface area contributed by atoms with E-state index >= 15 is 0 Å². The van der Waals surface area contributed by atoms with Gasteiger partial charge in [0.05, 0.1) is 0 Å². The van der Waals surface area contributed by atoms with Crippen LogP contribution < -0.4 is 5.73 Å². The van der Waals surface area contributed by atoms with Crippen LogP contribution in [0.4, 0.5) is 0 Å². The number of aldehydes is 1. The van der Waals surface area contributed by atoms with Crippen molar-refractivity contribution in [3.8, 4) is 0 Å². The van der Waals surface area contributed by atoms with Crippen molar-refractivity contribution in [3.05, 3.63) is 35.9 Å². The third kappa shape index (κ3) is 3.18. The number of rotatable bonds is 4. The van der Waals surface area contributed by atoms with Crippen molar-refractivity contribution in [1.29, 1.82) is 0 Å². The molecule has 2 N–H and O–H groups in total. The van der Waals surface area contributed by atoms with Gasteiger partial charge in [0.15, 0.2) is 0 Å². The van der Waals surface area contributed by atoms with Crippen LogP contribution in [0, 0.1) is 0 Å². The molecule has 0 heterocycles. The summed E-state index contributed by atoms with van der Waals surface area (Å²) in [7, 11) is 0. The first-order valence-corrected chi connectivity index (χ1v) is 4.58. The molecule has 0 saturated carbocycles. The standard InChI is InChI=1S/C11H13NO3/c1-8(14)15-11(10(12)7-13)9-5-3-2-4-6-9/h2-7,10-11H,12H2,1H3. The zero-order valence-corrected chi connectivity index (χ0v) is 8.42. The van der Waals surface area contributed by atoms with Crippen LogP contribution in [0.2, 0.25) is 0 Å². The van der Waals surface area contributed by atoms with Crippen molar-refractivity contribution in [2.75, 3.05) is 0 Å². The summed E-state index contributed by atoms with van der Waals surface area (Å²) < 4.78 is 4.99. The maximum Gasteiger partial charge on any atom is 0.303 e. The Morgan fingerprint density at radius 1 is 1.40 bits per heavy atom. The first kappa shape index (κ1) is 11.4. The van der Waals surface area contributed by atoms with Crippen LogP contribution in [-0.4, -0.2) is 18.3 Å². The van der Waals surface area contributed by atoms with Crippen molar-refractivity contribution < 1.29 is 14.3 Å². The number of hydrogen-bond donors (Lipinski definition) is 1. The minimum atomic E-state index is -0.837. The number of ether oxygens (including phenoxy) is 1. The predicted molar refractivity (Wildman–Crippen MR) is 55.0 cm³/mol. The maximum absolute atomic E-state index is 10.9. The number of benzene rings is 1. The molecule has 0 spiro atoms. The molecular weight excluding hydrogens is 194 g/mol. The fraction of sp³-hybridized carbons (Fsp3) is 0.273. The minimum Gasteiger partial charge on any atom is -0.456 e. The third-order valence-electron chi connectivity index (χ3n) is 1.93. The lowest BCUT2D eigenvalue weighted by molar-refractivity contribution is -0.148. The van der Waals surface area contributed by atoms with E-state index in [1.165, 1.54) is 6.92 Å². The Kier molecular flexibility index (Phi) is 4.00. The van der Waals surface area contributed by atoms with Crippen LogP contribution in [0.1, 0.15) is 18.6 Å². The molecular formula is C11H13NO3. The van der Waals surface area contributed by atoms with Gasteiger partial charge in [0.2, 0.25) is 0 Å². The molecule has 0 aliphatic rings. The summed E-state index contributed by atoms with van der Waals surface area (Å²) >= 11 is 0. The van der Waals surface area contributed by atoms with Crippen molar-refractivity contribution in [2.24, 2.45) is 5.73 Å². The van der Waals surface area contributed by atoms with Gasteiger partial charge >= 0.3 is 5.97 Å². The Bertz CT molecular complexity index is 337. The summed E-state index contributed by atoms with van der Waals surface area (Å²) in [5.74, 6) is -0.457. The molecule has 1 aromatic rings. The van der Waals surface area contributed by atoms with E-state index in [1.807, 2.05) is 6.07 Å². The summed E-state index contributed by atoms with van der Waals surface area (Å²) in [6.45, 7) is 1.29. The molecule has 0 saturated heterocycles. The molecule has 0 radical (unpaired) electrons. The lowest BCUT2D eigenvalue weighted by Crippen LogP contribution is -2.32. The quantitative estimate of drug-likeness (QED) is 0.586. The number of carbonyl (C=O) groups excluding carboxylic acids is 2. The number of hydrogen-bond acceptors (Lipinski definition) is 4. The van der Waals surface area contributed by atoms with Gasteiger partial charge in [0.25, 0.3) is 0 Å². The molecule has 2 unspecified atom stereocenters. The molecule has 0 aliphatic carbocycles. The summed E-state index contributed by atoms with van der Waals surface area (Å²) in [5, 5.41) is 0. The molecule has 1 rings (SSSR count). The molecule has 0 fully saturated rings. The smallest absolute Gasteiger partial charge is 0.303 e. The van der Waals surface area contributed by atoms with Gasteiger partial charge < -0.3 is 15.3 Å². The molecule has 2 atom stereocenters. The van der Waals surface area contributed by atoms with Gasteiger partial charge in [0, 0.05) is 6.92 Å². The Morgan fingerprint density at radius 2 is 2.00 bits per heavy atom. The Labute approximate surface area is 88.0 Å². The average molecular weight is 207 g/mol. The molecule has 80 valence electrons. The van der Waals surface area contributed by atoms with Crippen LogP contribution in [0.5, 0.6) is 0 Å². The monoisotopic (exact) mass is 207 g/mol. The second-order valence-corrected chi connectivity index (χ2v) is 3.15. The molecule has 4 heteroatoms. The SMILES string of the molecule is CC(=O)OC(c1ccccc1)C(N)C=O. The fourth-order valence-electron chi connectivity index (χ4n) is 1.26. The first-order valence-electron chi connectivity index (χ1n) is 4.58. The minimum absolute atomic E-state index is 0.457. The molecule has 0 aliphatic heterocycles. The average Bonchev–Trinajstić information content (AvgIpc) is 2.26. The van der Waals surface area contributed by atoms with Crippen molar-refractivity contribution in [3.63, 3.8) is 0 Å². The fourth-order valence-corrected chi connectivity index (χ4v) is 1.26. The highest BCUT2D eigenvalue weighted by molar-refractivity contribution is 5.68. The van der Waals surface area contributed by atoms with E-state index in [1.54, 1.807) is 24.3 Å². The van der Waals surface area contributed by atoms with Crippen LogP contribution in [0.15, 0.2) is 30.3 Å². The van der Waals surface area contributed by atoms with E-state index in [0.717, 1.165) is 0 Å². The number of carbonyl (C=O) groups is 2. The van der Waals surface area contributed by atoms with Gasteiger partial charge in [0.1, 0.15) is 18.4 Å². The molecule has 4 nitrogen and oxygen atoms in total. The Hall–Kier alpha value is -1.68. The van der Waals surface area contributed by atoms with Gasteiger partial charge in [-0.1, -0.05) is 30.3 Å². The third-order valence-corrected chi connectivity index (χ3v) is 1.93. The van der Waals surface area contributed by atoms with Gasteiger partial charge in [-0.05, 0) is 5.56 Å². The van der Waals surface area contributed by atoms with Gasteiger partial charge in [-0.15, -0.1) is 0 Å². The molecule has 0 aromatic heterocycles. The molecule has 0 bridgehead atoms. The van der Waals surface area contributed by atoms with E-state index in [9.17, 15) is 9.59 Å².